The molecule has 0 spiro atoms. The molecule has 3 rings (SSSR count). The largest absolute Gasteiger partial charge is 0.489 e. The van der Waals surface area contributed by atoms with E-state index in [0.29, 0.717) is 28.7 Å². The van der Waals surface area contributed by atoms with Crippen molar-refractivity contribution in [2.24, 2.45) is 0 Å². The van der Waals surface area contributed by atoms with Gasteiger partial charge in [-0.3, -0.25) is 4.98 Å². The van der Waals surface area contributed by atoms with Crippen molar-refractivity contribution in [1.29, 1.82) is 0 Å². The fourth-order valence-electron chi connectivity index (χ4n) is 2.25. The third kappa shape index (κ3) is 2.89. The molecule has 0 saturated carbocycles. The molecule has 0 radical (unpaired) electrons. The van der Waals surface area contributed by atoms with Gasteiger partial charge in [-0.25, -0.2) is 0 Å². The van der Waals surface area contributed by atoms with Gasteiger partial charge in [0.2, 0.25) is 0 Å². The zero-order valence-electron chi connectivity index (χ0n) is 11.3. The van der Waals surface area contributed by atoms with Crippen molar-refractivity contribution >= 4 is 23.5 Å². The summed E-state index contributed by atoms with van der Waals surface area (Å²) in [6, 6.07) is 16.8. The Kier molecular flexibility index (Phi) is 3.86. The van der Waals surface area contributed by atoms with E-state index in [0.717, 1.165) is 5.56 Å². The maximum atomic E-state index is 9.41. The SMILES string of the molecule is OB(O)c1ccc(OCc2ccccc2)c2ncccc12. The predicted octanol–water partition coefficient (Wildman–Crippen LogP) is 1.49. The van der Waals surface area contributed by atoms with Gasteiger partial charge in [-0.2, -0.15) is 0 Å². The van der Waals surface area contributed by atoms with Crippen molar-refractivity contribution in [2.45, 2.75) is 6.61 Å². The van der Waals surface area contributed by atoms with Gasteiger partial charge in [-0.1, -0.05) is 42.5 Å². The van der Waals surface area contributed by atoms with Gasteiger partial charge in [0.15, 0.2) is 0 Å². The lowest BCUT2D eigenvalue weighted by atomic mass is 9.78. The number of rotatable bonds is 4. The lowest BCUT2D eigenvalue weighted by Gasteiger charge is -2.11. The van der Waals surface area contributed by atoms with Crippen LogP contribution in [0.4, 0.5) is 0 Å². The van der Waals surface area contributed by atoms with E-state index in [9.17, 15) is 10.0 Å². The van der Waals surface area contributed by atoms with E-state index in [1.165, 1.54) is 0 Å². The van der Waals surface area contributed by atoms with Crippen molar-refractivity contribution in [2.75, 3.05) is 0 Å². The lowest BCUT2D eigenvalue weighted by Crippen LogP contribution is -2.30. The summed E-state index contributed by atoms with van der Waals surface area (Å²) in [6.45, 7) is 0.438. The Balaban J connectivity index is 1.94. The molecule has 1 aromatic heterocycles. The van der Waals surface area contributed by atoms with Gasteiger partial charge in [0, 0.05) is 11.6 Å². The van der Waals surface area contributed by atoms with Crippen LogP contribution in [0.1, 0.15) is 5.56 Å². The summed E-state index contributed by atoms with van der Waals surface area (Å²) in [5.74, 6) is 0.624. The minimum atomic E-state index is -1.53. The van der Waals surface area contributed by atoms with Crippen LogP contribution in [-0.2, 0) is 6.61 Å². The first-order valence-electron chi connectivity index (χ1n) is 6.66. The van der Waals surface area contributed by atoms with Crippen molar-refractivity contribution in [1.82, 2.24) is 4.98 Å². The van der Waals surface area contributed by atoms with Gasteiger partial charge < -0.3 is 14.8 Å². The number of aromatic nitrogens is 1. The van der Waals surface area contributed by atoms with E-state index in [1.807, 2.05) is 30.3 Å². The number of hydrogen-bond donors (Lipinski definition) is 2. The van der Waals surface area contributed by atoms with E-state index in [-0.39, 0.29) is 0 Å². The lowest BCUT2D eigenvalue weighted by molar-refractivity contribution is 0.309. The summed E-state index contributed by atoms with van der Waals surface area (Å²) in [7, 11) is -1.53. The molecule has 2 aromatic carbocycles. The predicted molar refractivity (Wildman–Crippen MR) is 82.3 cm³/mol. The van der Waals surface area contributed by atoms with Gasteiger partial charge in [-0.05, 0) is 23.2 Å². The van der Waals surface area contributed by atoms with Crippen molar-refractivity contribution < 1.29 is 14.8 Å². The zero-order valence-corrected chi connectivity index (χ0v) is 11.3. The van der Waals surface area contributed by atoms with Crippen molar-refractivity contribution in [3.05, 3.63) is 66.4 Å². The molecule has 4 nitrogen and oxygen atoms in total. The van der Waals surface area contributed by atoms with Crippen LogP contribution in [-0.4, -0.2) is 22.2 Å². The van der Waals surface area contributed by atoms with E-state index >= 15 is 0 Å². The Morgan fingerprint density at radius 3 is 2.52 bits per heavy atom. The first-order valence-corrected chi connectivity index (χ1v) is 6.66. The molecule has 1 heterocycles. The summed E-state index contributed by atoms with van der Waals surface area (Å²) in [4.78, 5) is 4.29. The number of fused-ring (bicyclic) bond motifs is 1. The summed E-state index contributed by atoms with van der Waals surface area (Å²) in [6.07, 6.45) is 1.66. The third-order valence-electron chi connectivity index (χ3n) is 3.28. The fraction of sp³-hybridized carbons (Fsp3) is 0.0625. The fourth-order valence-corrected chi connectivity index (χ4v) is 2.25. The van der Waals surface area contributed by atoms with Crippen LogP contribution in [0.25, 0.3) is 10.9 Å². The second-order valence-corrected chi connectivity index (χ2v) is 4.70. The molecule has 0 unspecified atom stereocenters. The minimum absolute atomic E-state index is 0.421. The average Bonchev–Trinajstić information content (AvgIpc) is 2.53. The highest BCUT2D eigenvalue weighted by atomic mass is 16.5. The second kappa shape index (κ2) is 5.95. The summed E-state index contributed by atoms with van der Waals surface area (Å²) in [5.41, 5.74) is 2.11. The molecule has 21 heavy (non-hydrogen) atoms. The van der Waals surface area contributed by atoms with Gasteiger partial charge in [0.1, 0.15) is 17.9 Å². The molecule has 3 aromatic rings. The van der Waals surface area contributed by atoms with Crippen LogP contribution in [0.2, 0.25) is 0 Å². The van der Waals surface area contributed by atoms with Gasteiger partial charge in [0.05, 0.1) is 0 Å². The molecular formula is C16H14BNO3. The maximum absolute atomic E-state index is 9.41. The third-order valence-corrected chi connectivity index (χ3v) is 3.28. The first kappa shape index (κ1) is 13.6. The van der Waals surface area contributed by atoms with E-state index in [4.69, 9.17) is 4.74 Å². The molecule has 0 fully saturated rings. The smallest absolute Gasteiger partial charge is 0.487 e. The highest BCUT2D eigenvalue weighted by molar-refractivity contribution is 6.62. The van der Waals surface area contributed by atoms with Crippen LogP contribution in [0.5, 0.6) is 5.75 Å². The van der Waals surface area contributed by atoms with Gasteiger partial charge >= 0.3 is 7.12 Å². The highest BCUT2D eigenvalue weighted by Gasteiger charge is 2.17. The molecule has 0 atom stereocenters. The monoisotopic (exact) mass is 279 g/mol. The van der Waals surface area contributed by atoms with Gasteiger partial charge in [0.25, 0.3) is 0 Å². The van der Waals surface area contributed by atoms with Crippen molar-refractivity contribution in [3.8, 4) is 5.75 Å². The van der Waals surface area contributed by atoms with Crippen LogP contribution >= 0.6 is 0 Å². The molecule has 5 heteroatoms. The number of ether oxygens (including phenoxy) is 1. The molecule has 0 amide bonds. The topological polar surface area (TPSA) is 62.6 Å². The normalized spacial score (nSPS) is 10.6. The Labute approximate surface area is 122 Å². The summed E-state index contributed by atoms with van der Waals surface area (Å²) >= 11 is 0. The highest BCUT2D eigenvalue weighted by Crippen LogP contribution is 2.23. The Bertz CT molecular complexity index is 747. The Morgan fingerprint density at radius 1 is 0.952 bits per heavy atom. The molecule has 2 N–H and O–H groups in total. The van der Waals surface area contributed by atoms with Crippen LogP contribution < -0.4 is 10.2 Å². The Morgan fingerprint density at radius 2 is 1.76 bits per heavy atom. The summed E-state index contributed by atoms with van der Waals surface area (Å²) in [5, 5.41) is 19.5. The van der Waals surface area contributed by atoms with Crippen molar-refractivity contribution in [3.63, 3.8) is 0 Å². The van der Waals surface area contributed by atoms with E-state index < -0.39 is 7.12 Å². The minimum Gasteiger partial charge on any atom is -0.487 e. The molecule has 104 valence electrons. The number of hydrogen-bond acceptors (Lipinski definition) is 4. The first-order chi connectivity index (χ1) is 10.3. The number of nitrogens with zero attached hydrogens (tertiary/aromatic N) is 1. The van der Waals surface area contributed by atoms with Crippen LogP contribution in [0.15, 0.2) is 60.8 Å². The standard InChI is InChI=1S/C16H14BNO3/c19-17(20)14-8-9-15(16-13(14)7-4-10-18-16)21-11-12-5-2-1-3-6-12/h1-10,19-20H,11H2. The second-order valence-electron chi connectivity index (χ2n) is 4.70. The summed E-state index contributed by atoms with van der Waals surface area (Å²) < 4.78 is 5.81. The molecule has 0 aliphatic heterocycles. The van der Waals surface area contributed by atoms with E-state index in [2.05, 4.69) is 4.98 Å². The molecule has 0 aliphatic carbocycles. The van der Waals surface area contributed by atoms with Gasteiger partial charge in [-0.15, -0.1) is 0 Å². The van der Waals surface area contributed by atoms with Crippen LogP contribution in [0, 0.1) is 0 Å². The zero-order chi connectivity index (χ0) is 14.7. The van der Waals surface area contributed by atoms with E-state index in [1.54, 1.807) is 30.5 Å². The molecule has 0 saturated heterocycles. The molecule has 0 aliphatic rings. The maximum Gasteiger partial charge on any atom is 0.489 e. The number of pyridine rings is 1. The molecular weight excluding hydrogens is 265 g/mol. The van der Waals surface area contributed by atoms with Crippen LogP contribution in [0.3, 0.4) is 0 Å². The number of benzene rings is 2. The quantitative estimate of drug-likeness (QED) is 0.710. The molecule has 0 bridgehead atoms. The Hall–Kier alpha value is -2.37. The average molecular weight is 279 g/mol.